The van der Waals surface area contributed by atoms with Crippen LogP contribution in [0.3, 0.4) is 0 Å². The Morgan fingerprint density at radius 1 is 0.841 bits per heavy atom. The van der Waals surface area contributed by atoms with Gasteiger partial charge in [-0.3, -0.25) is 0 Å². The molecule has 234 valence electrons. The van der Waals surface area contributed by atoms with Crippen molar-refractivity contribution in [2.24, 2.45) is 0 Å². The normalized spacial score (nSPS) is 20.4. The van der Waals surface area contributed by atoms with E-state index in [-0.39, 0.29) is 10.8 Å². The first kappa shape index (κ1) is 32.2. The highest BCUT2D eigenvalue weighted by Crippen LogP contribution is 2.49. The predicted molar refractivity (Wildman–Crippen MR) is 186 cm³/mol. The smallest absolute Gasteiger partial charge is 0.210 e. The van der Waals surface area contributed by atoms with Gasteiger partial charge < -0.3 is 14.4 Å². The van der Waals surface area contributed by atoms with Crippen LogP contribution in [-0.4, -0.2) is 37.6 Å². The lowest BCUT2D eigenvalue weighted by molar-refractivity contribution is -0.438. The van der Waals surface area contributed by atoms with Crippen molar-refractivity contribution in [1.29, 1.82) is 0 Å². The molecule has 0 fully saturated rings. The van der Waals surface area contributed by atoms with Gasteiger partial charge in [0, 0.05) is 52.5 Å². The highest BCUT2D eigenvalue weighted by atomic mass is 35.5. The Hall–Kier alpha value is -3.24. The average Bonchev–Trinajstić information content (AvgIpc) is 3.55. The third-order valence-electron chi connectivity index (χ3n) is 9.78. The highest BCUT2D eigenvalue weighted by molar-refractivity contribution is 6.33. The summed E-state index contributed by atoms with van der Waals surface area (Å²) in [6, 6.07) is 13.0. The zero-order valence-electron chi connectivity index (χ0n) is 28.0. The van der Waals surface area contributed by atoms with Crippen LogP contribution in [-0.2, 0) is 10.8 Å². The first-order valence-corrected chi connectivity index (χ1v) is 16.7. The molecule has 44 heavy (non-hydrogen) atoms. The molecule has 0 aromatic heterocycles. The molecule has 5 rings (SSSR count). The molecule has 0 spiro atoms. The molecule has 2 aliphatic heterocycles. The molecule has 0 saturated carbocycles. The minimum absolute atomic E-state index is 0.128. The summed E-state index contributed by atoms with van der Waals surface area (Å²) in [5, 5.41) is 0.892. The van der Waals surface area contributed by atoms with E-state index in [1.165, 1.54) is 45.1 Å². The van der Waals surface area contributed by atoms with Gasteiger partial charge in [0.25, 0.3) is 0 Å². The first-order chi connectivity index (χ1) is 21.1. The second kappa shape index (κ2) is 13.0. The van der Waals surface area contributed by atoms with Crippen molar-refractivity contribution < 1.29 is 14.0 Å². The maximum atomic E-state index is 7.12. The SMILES string of the molecule is CCCCN1/C(=C/C=C2\CCC(/C=C/C3=[N+](CCCC)c4ccc(OC)cc4C3(C)C)=C2Cl)C(C)(C)c2cc(OC)ccc21. The Morgan fingerprint density at radius 3 is 2.20 bits per heavy atom. The number of hydrogen-bond acceptors (Lipinski definition) is 3. The van der Waals surface area contributed by atoms with E-state index in [1.54, 1.807) is 14.2 Å². The van der Waals surface area contributed by atoms with Crippen LogP contribution >= 0.6 is 11.6 Å². The van der Waals surface area contributed by atoms with E-state index in [0.29, 0.717) is 0 Å². The quantitative estimate of drug-likeness (QED) is 0.236. The van der Waals surface area contributed by atoms with E-state index in [1.807, 2.05) is 0 Å². The third-order valence-corrected chi connectivity index (χ3v) is 10.3. The average molecular weight is 614 g/mol. The van der Waals surface area contributed by atoms with Crippen LogP contribution in [0.5, 0.6) is 11.5 Å². The molecule has 0 saturated heterocycles. The van der Waals surface area contributed by atoms with Gasteiger partial charge in [-0.15, -0.1) is 0 Å². The third kappa shape index (κ3) is 5.78. The molecular formula is C39H50ClN2O2+. The first-order valence-electron chi connectivity index (χ1n) is 16.4. The van der Waals surface area contributed by atoms with Crippen LogP contribution in [0.25, 0.3) is 0 Å². The summed E-state index contributed by atoms with van der Waals surface area (Å²) >= 11 is 7.12. The summed E-state index contributed by atoms with van der Waals surface area (Å²) in [4.78, 5) is 2.50. The van der Waals surface area contributed by atoms with Crippen LogP contribution < -0.4 is 14.4 Å². The molecule has 2 aromatic rings. The van der Waals surface area contributed by atoms with Gasteiger partial charge in [0.15, 0.2) is 5.71 Å². The highest BCUT2D eigenvalue weighted by Gasteiger charge is 2.44. The van der Waals surface area contributed by atoms with E-state index >= 15 is 0 Å². The number of anilines is 1. The summed E-state index contributed by atoms with van der Waals surface area (Å²) < 4.78 is 13.7. The number of methoxy groups -OCH3 is 2. The van der Waals surface area contributed by atoms with Crippen LogP contribution in [0.15, 0.2) is 82.6 Å². The Labute approximate surface area is 270 Å². The number of hydrogen-bond donors (Lipinski definition) is 0. The number of ether oxygens (including phenoxy) is 2. The van der Waals surface area contributed by atoms with Crippen LogP contribution in [0.1, 0.15) is 91.2 Å². The fraction of sp³-hybridized carbons (Fsp3) is 0.462. The fourth-order valence-corrected chi connectivity index (χ4v) is 7.36. The lowest BCUT2D eigenvalue weighted by Gasteiger charge is -2.27. The molecule has 2 heterocycles. The standard InChI is InChI=1S/C39H50ClN2O2/c1-9-11-23-41-33-19-17-29(43-7)25-31(33)38(3,4)35(41)21-15-27-13-14-28(37(27)40)16-22-36-39(5,6)32-26-30(44-8)18-20-34(32)42(36)24-12-10-2/h15-22,25-26H,9-14,23-24H2,1-8H3/q+1. The predicted octanol–water partition coefficient (Wildman–Crippen LogP) is 10.1. The molecule has 5 heteroatoms. The van der Waals surface area contributed by atoms with Gasteiger partial charge in [0.05, 0.1) is 19.6 Å². The van der Waals surface area contributed by atoms with Crippen molar-refractivity contribution in [3.05, 3.63) is 93.7 Å². The number of unbranched alkanes of at least 4 members (excludes halogenated alkanes) is 2. The van der Waals surface area contributed by atoms with E-state index in [4.69, 9.17) is 21.1 Å². The number of rotatable bonds is 11. The van der Waals surface area contributed by atoms with Gasteiger partial charge in [-0.2, -0.15) is 4.58 Å². The number of halogens is 1. The van der Waals surface area contributed by atoms with Crippen molar-refractivity contribution in [1.82, 2.24) is 0 Å². The van der Waals surface area contributed by atoms with Crippen molar-refractivity contribution in [2.45, 2.75) is 90.9 Å². The van der Waals surface area contributed by atoms with Gasteiger partial charge >= 0.3 is 0 Å². The molecule has 0 radical (unpaired) electrons. The molecule has 2 aromatic carbocycles. The van der Waals surface area contributed by atoms with E-state index in [9.17, 15) is 0 Å². The number of allylic oxidation sites excluding steroid dienone is 8. The second-order valence-electron chi connectivity index (χ2n) is 13.3. The van der Waals surface area contributed by atoms with Gasteiger partial charge in [-0.1, -0.05) is 64.3 Å². The lowest BCUT2D eigenvalue weighted by Crippen LogP contribution is -2.28. The van der Waals surface area contributed by atoms with Crippen molar-refractivity contribution in [2.75, 3.05) is 32.2 Å². The van der Waals surface area contributed by atoms with E-state index < -0.39 is 0 Å². The zero-order chi connectivity index (χ0) is 31.6. The molecule has 4 nitrogen and oxygen atoms in total. The minimum Gasteiger partial charge on any atom is -0.497 e. The summed E-state index contributed by atoms with van der Waals surface area (Å²) in [5.41, 5.74) is 10.0. The Balaban J connectivity index is 1.47. The summed E-state index contributed by atoms with van der Waals surface area (Å²) in [6.45, 7) is 15.8. The Bertz CT molecular complexity index is 1570. The number of nitrogens with zero attached hydrogens (tertiary/aromatic N) is 2. The Morgan fingerprint density at radius 2 is 1.52 bits per heavy atom. The number of fused-ring (bicyclic) bond motifs is 2. The number of benzene rings is 2. The van der Waals surface area contributed by atoms with Crippen LogP contribution in [0, 0.1) is 0 Å². The molecule has 0 atom stereocenters. The fourth-order valence-electron chi connectivity index (χ4n) is 7.04. The minimum atomic E-state index is -0.128. The monoisotopic (exact) mass is 613 g/mol. The summed E-state index contributed by atoms with van der Waals surface area (Å²) in [6.07, 6.45) is 15.7. The molecular weight excluding hydrogens is 564 g/mol. The van der Waals surface area contributed by atoms with Crippen molar-refractivity contribution >= 4 is 28.7 Å². The van der Waals surface area contributed by atoms with Crippen molar-refractivity contribution in [3.63, 3.8) is 0 Å². The van der Waals surface area contributed by atoms with E-state index in [2.05, 4.69) is 112 Å². The topological polar surface area (TPSA) is 24.7 Å². The van der Waals surface area contributed by atoms with Gasteiger partial charge in [0.2, 0.25) is 5.69 Å². The van der Waals surface area contributed by atoms with Crippen LogP contribution in [0.2, 0.25) is 0 Å². The molecule has 0 N–H and O–H groups in total. The van der Waals surface area contributed by atoms with Crippen molar-refractivity contribution in [3.8, 4) is 11.5 Å². The van der Waals surface area contributed by atoms with Crippen LogP contribution in [0.4, 0.5) is 11.4 Å². The summed E-state index contributed by atoms with van der Waals surface area (Å²) in [5.74, 6) is 1.81. The Kier molecular flexibility index (Phi) is 9.51. The maximum Gasteiger partial charge on any atom is 0.210 e. The largest absolute Gasteiger partial charge is 0.497 e. The molecule has 0 unspecified atom stereocenters. The maximum absolute atomic E-state index is 7.12. The molecule has 3 aliphatic rings. The summed E-state index contributed by atoms with van der Waals surface area (Å²) in [7, 11) is 3.48. The van der Waals surface area contributed by atoms with Gasteiger partial charge in [0.1, 0.15) is 18.0 Å². The van der Waals surface area contributed by atoms with E-state index in [0.717, 1.165) is 68.1 Å². The zero-order valence-corrected chi connectivity index (χ0v) is 28.8. The van der Waals surface area contributed by atoms with Gasteiger partial charge in [-0.25, -0.2) is 0 Å². The lowest BCUT2D eigenvalue weighted by atomic mass is 9.81. The van der Waals surface area contributed by atoms with Gasteiger partial charge in [-0.05, 0) is 86.2 Å². The second-order valence-corrected chi connectivity index (χ2v) is 13.7. The molecule has 1 aliphatic carbocycles. The molecule has 0 bridgehead atoms. The molecule has 0 amide bonds.